The summed E-state index contributed by atoms with van der Waals surface area (Å²) in [5.74, 6) is -1.76. The van der Waals surface area contributed by atoms with Crippen LogP contribution in [0.25, 0.3) is 0 Å². The lowest BCUT2D eigenvalue weighted by molar-refractivity contribution is -0.130. The van der Waals surface area contributed by atoms with E-state index in [1.807, 2.05) is 0 Å². The molecule has 46 heavy (non-hydrogen) atoms. The number of benzene rings is 2. The highest BCUT2D eigenvalue weighted by molar-refractivity contribution is 7.55. The molecular weight excluding hydrogens is 654 g/mol. The molecule has 0 heterocycles. The molecule has 0 aromatic heterocycles. The summed E-state index contributed by atoms with van der Waals surface area (Å²) >= 11 is 0. The third-order valence-corrected chi connectivity index (χ3v) is 11.1. The zero-order chi connectivity index (χ0) is 34.8. The van der Waals surface area contributed by atoms with E-state index in [-0.39, 0.29) is 39.3 Å². The molecule has 0 saturated carbocycles. The average Bonchev–Trinajstić information content (AvgIpc) is 3.01. The number of carbonyl (C=O) groups excluding carboxylic acids is 2. The summed E-state index contributed by atoms with van der Waals surface area (Å²) < 4.78 is 105. The molecule has 0 unspecified atom stereocenters. The third-order valence-electron chi connectivity index (χ3n) is 6.80. The van der Waals surface area contributed by atoms with Crippen molar-refractivity contribution < 1.29 is 54.4 Å². The van der Waals surface area contributed by atoms with Gasteiger partial charge in [-0.2, -0.15) is 17.6 Å². The van der Waals surface area contributed by atoms with Gasteiger partial charge in [0.25, 0.3) is 0 Å². The molecule has 0 fully saturated rings. The number of alkyl halides is 4. The summed E-state index contributed by atoms with van der Waals surface area (Å²) in [6, 6.07) is 8.61. The maximum absolute atomic E-state index is 15.1. The number of likely N-dealkylation sites (N-methyl/N-ethyl adjacent to an activating group) is 1. The highest BCUT2D eigenvalue weighted by atomic mass is 31.2. The van der Waals surface area contributed by atoms with Crippen LogP contribution in [0.1, 0.15) is 56.9 Å². The van der Waals surface area contributed by atoms with Gasteiger partial charge >= 0.3 is 26.5 Å². The van der Waals surface area contributed by atoms with Crippen LogP contribution in [0.3, 0.4) is 0 Å². The number of hydrogen-bond acceptors (Lipinski definition) is 8. The van der Waals surface area contributed by atoms with Crippen molar-refractivity contribution in [2.24, 2.45) is 5.92 Å². The first-order chi connectivity index (χ1) is 21.5. The van der Waals surface area contributed by atoms with Crippen molar-refractivity contribution in [1.82, 2.24) is 10.6 Å². The fourth-order valence-electron chi connectivity index (χ4n) is 4.46. The Morgan fingerprint density at radius 3 is 1.35 bits per heavy atom. The highest BCUT2D eigenvalue weighted by Crippen LogP contribution is 2.67. The number of rotatable bonds is 19. The Labute approximate surface area is 267 Å². The van der Waals surface area contributed by atoms with Gasteiger partial charge in [-0.1, -0.05) is 55.5 Å². The molecule has 2 rings (SSSR count). The molecular formula is C30H42F4N2O8P2. The van der Waals surface area contributed by atoms with Gasteiger partial charge in [-0.05, 0) is 45.2 Å². The monoisotopic (exact) mass is 696 g/mol. The summed E-state index contributed by atoms with van der Waals surface area (Å²) in [5, 5.41) is 5.10. The normalized spacial score (nSPS) is 14.0. The van der Waals surface area contributed by atoms with Gasteiger partial charge in [0.15, 0.2) is 0 Å². The van der Waals surface area contributed by atoms with E-state index in [4.69, 9.17) is 18.1 Å². The first kappa shape index (κ1) is 39.6. The van der Waals surface area contributed by atoms with Gasteiger partial charge in [0.2, 0.25) is 11.8 Å². The minimum atomic E-state index is -4.81. The van der Waals surface area contributed by atoms with Gasteiger partial charge in [0.1, 0.15) is 6.04 Å². The van der Waals surface area contributed by atoms with Crippen LogP contribution in [0.15, 0.2) is 48.5 Å². The Morgan fingerprint density at radius 1 is 0.674 bits per heavy atom. The Kier molecular flexibility index (Phi) is 14.6. The molecule has 2 aromatic rings. The molecule has 10 nitrogen and oxygen atoms in total. The second-order valence-corrected chi connectivity index (χ2v) is 14.3. The molecule has 0 saturated heterocycles. The molecule has 0 aliphatic heterocycles. The average molecular weight is 697 g/mol. The zero-order valence-electron chi connectivity index (χ0n) is 26.7. The van der Waals surface area contributed by atoms with Gasteiger partial charge in [-0.3, -0.25) is 18.7 Å². The molecule has 2 aromatic carbocycles. The SMILES string of the molecule is CCOP(=O)(OCC)C(F)(F)c1ccc(C[C@H](NC(=O)[C@@H](C)Cc2ccc(C(F)(F)P(=O)(OCC)OCC)cc2)C(=O)NC)cc1. The maximum Gasteiger partial charge on any atom is 0.404 e. The second kappa shape index (κ2) is 17.0. The molecule has 16 heteroatoms. The second-order valence-electron chi connectivity index (χ2n) is 10.1. The molecule has 2 amide bonds. The summed E-state index contributed by atoms with van der Waals surface area (Å²) in [6.45, 7) is 6.32. The van der Waals surface area contributed by atoms with Crippen LogP contribution in [0, 0.1) is 5.92 Å². The van der Waals surface area contributed by atoms with Crippen molar-refractivity contribution in [2.45, 2.75) is 64.8 Å². The lowest BCUT2D eigenvalue weighted by Gasteiger charge is -2.26. The predicted octanol–water partition coefficient (Wildman–Crippen LogP) is 6.97. The standard InChI is InChI=1S/C30H42F4N2O8P2/c1-7-41-45(39,42-8-2)29(31,32)24-15-11-22(12-16-24)19-21(5)27(37)36-26(28(38)35-6)20-23-13-17-25(18-14-23)30(33,34)46(40,43-9-3)44-10-4/h11-18,21,26H,7-10,19-20H2,1-6H3,(H,35,38)(H,36,37)/t21-,26-/m0/s1. The van der Waals surface area contributed by atoms with E-state index >= 15 is 17.6 Å². The lowest BCUT2D eigenvalue weighted by atomic mass is 9.98. The van der Waals surface area contributed by atoms with E-state index in [1.54, 1.807) is 6.92 Å². The summed E-state index contributed by atoms with van der Waals surface area (Å²) in [7, 11) is -8.21. The van der Waals surface area contributed by atoms with E-state index in [2.05, 4.69) is 10.6 Å². The largest absolute Gasteiger partial charge is 0.404 e. The van der Waals surface area contributed by atoms with Gasteiger partial charge in [-0.25, -0.2) is 0 Å². The summed E-state index contributed by atoms with van der Waals surface area (Å²) in [4.78, 5) is 25.7. The number of hydrogen-bond donors (Lipinski definition) is 2. The molecule has 0 bridgehead atoms. The van der Waals surface area contributed by atoms with Crippen molar-refractivity contribution >= 4 is 27.0 Å². The Morgan fingerprint density at radius 2 is 1.02 bits per heavy atom. The van der Waals surface area contributed by atoms with Crippen LogP contribution in [-0.4, -0.2) is 51.3 Å². The molecule has 0 aliphatic carbocycles. The van der Waals surface area contributed by atoms with Gasteiger partial charge < -0.3 is 28.7 Å². The molecule has 0 aliphatic rings. The minimum Gasteiger partial charge on any atom is -0.357 e. The Hall–Kier alpha value is -2.60. The summed E-state index contributed by atoms with van der Waals surface area (Å²) in [6.07, 6.45) is 0.0677. The highest BCUT2D eigenvalue weighted by Gasteiger charge is 2.55. The van der Waals surface area contributed by atoms with Crippen molar-refractivity contribution in [3.05, 3.63) is 70.8 Å². The van der Waals surface area contributed by atoms with E-state index in [9.17, 15) is 18.7 Å². The summed E-state index contributed by atoms with van der Waals surface area (Å²) in [5.41, 5.74) is -8.05. The zero-order valence-corrected chi connectivity index (χ0v) is 28.5. The minimum absolute atomic E-state index is 0.0535. The number of halogens is 4. The van der Waals surface area contributed by atoms with Gasteiger partial charge in [-0.15, -0.1) is 0 Å². The first-order valence-electron chi connectivity index (χ1n) is 14.8. The van der Waals surface area contributed by atoms with Crippen molar-refractivity contribution in [3.63, 3.8) is 0 Å². The van der Waals surface area contributed by atoms with E-state index in [0.717, 1.165) is 24.3 Å². The van der Waals surface area contributed by atoms with Crippen molar-refractivity contribution in [2.75, 3.05) is 33.5 Å². The smallest absolute Gasteiger partial charge is 0.357 e. The predicted molar refractivity (Wildman–Crippen MR) is 165 cm³/mol. The van der Waals surface area contributed by atoms with Gasteiger partial charge in [0.05, 0.1) is 26.4 Å². The van der Waals surface area contributed by atoms with Crippen molar-refractivity contribution in [3.8, 4) is 0 Å². The van der Waals surface area contributed by atoms with Crippen molar-refractivity contribution in [1.29, 1.82) is 0 Å². The number of nitrogens with one attached hydrogen (secondary N) is 2. The fourth-order valence-corrected chi connectivity index (χ4v) is 7.54. The maximum atomic E-state index is 15.1. The van der Waals surface area contributed by atoms with E-state index in [0.29, 0.717) is 11.1 Å². The van der Waals surface area contributed by atoms with Crippen LogP contribution in [0.5, 0.6) is 0 Å². The Balaban J connectivity index is 2.16. The Bertz CT molecular complexity index is 1370. The van der Waals surface area contributed by atoms with Crippen LogP contribution in [-0.2, 0) is 61.0 Å². The lowest BCUT2D eigenvalue weighted by Crippen LogP contribution is -2.48. The van der Waals surface area contributed by atoms with E-state index in [1.165, 1.54) is 59.0 Å². The molecule has 0 radical (unpaired) electrons. The topological polar surface area (TPSA) is 129 Å². The molecule has 2 N–H and O–H groups in total. The fraction of sp³-hybridized carbons (Fsp3) is 0.533. The number of amides is 2. The molecule has 258 valence electrons. The van der Waals surface area contributed by atoms with Crippen LogP contribution < -0.4 is 10.6 Å². The first-order valence-corrected chi connectivity index (χ1v) is 17.9. The quantitative estimate of drug-likeness (QED) is 0.119. The van der Waals surface area contributed by atoms with Crippen LogP contribution >= 0.6 is 15.2 Å². The number of carbonyl (C=O) groups is 2. The van der Waals surface area contributed by atoms with Gasteiger partial charge in [0, 0.05) is 30.5 Å². The van der Waals surface area contributed by atoms with E-state index < -0.39 is 61.4 Å². The molecule has 0 spiro atoms. The molecule has 2 atom stereocenters. The van der Waals surface area contributed by atoms with Crippen LogP contribution in [0.2, 0.25) is 0 Å². The van der Waals surface area contributed by atoms with Crippen LogP contribution in [0.4, 0.5) is 17.6 Å². The third kappa shape index (κ3) is 9.27.